The van der Waals surface area contributed by atoms with E-state index in [1.165, 1.54) is 19.2 Å². The summed E-state index contributed by atoms with van der Waals surface area (Å²) < 4.78 is 9.70. The molecule has 92 valence electrons. The van der Waals surface area contributed by atoms with Crippen molar-refractivity contribution in [1.29, 1.82) is 0 Å². The van der Waals surface area contributed by atoms with Gasteiger partial charge in [0.2, 0.25) is 0 Å². The van der Waals surface area contributed by atoms with E-state index < -0.39 is 11.8 Å². The molecule has 0 aromatic heterocycles. The molecule has 4 nitrogen and oxygen atoms in total. The summed E-state index contributed by atoms with van der Waals surface area (Å²) in [5, 5.41) is 0.372. The fourth-order valence-corrected chi connectivity index (χ4v) is 1.52. The van der Waals surface area contributed by atoms with E-state index in [-0.39, 0.29) is 12.2 Å². The third-order valence-corrected chi connectivity index (χ3v) is 2.63. The Morgan fingerprint density at radius 2 is 2.00 bits per heavy atom. The number of halogens is 1. The zero-order valence-corrected chi connectivity index (χ0v) is 10.6. The molecule has 0 heterocycles. The molecule has 0 atom stereocenters. The Balaban J connectivity index is 3.11. The number of hydrogen-bond acceptors (Lipinski definition) is 4. The van der Waals surface area contributed by atoms with Gasteiger partial charge in [-0.2, -0.15) is 0 Å². The van der Waals surface area contributed by atoms with Gasteiger partial charge in [0.25, 0.3) is 5.78 Å². The zero-order valence-electron chi connectivity index (χ0n) is 9.87. The van der Waals surface area contributed by atoms with Crippen molar-refractivity contribution in [2.75, 3.05) is 13.7 Å². The van der Waals surface area contributed by atoms with Crippen LogP contribution in [0.25, 0.3) is 0 Å². The molecular formula is C12H13ClO4. The summed E-state index contributed by atoms with van der Waals surface area (Å²) in [7, 11) is 1.47. The van der Waals surface area contributed by atoms with Gasteiger partial charge in [0.1, 0.15) is 5.75 Å². The van der Waals surface area contributed by atoms with Crippen LogP contribution in [0.2, 0.25) is 5.02 Å². The van der Waals surface area contributed by atoms with Gasteiger partial charge in [0.05, 0.1) is 13.7 Å². The smallest absolute Gasteiger partial charge is 0.379 e. The van der Waals surface area contributed by atoms with Crippen LogP contribution in [0.4, 0.5) is 0 Å². The van der Waals surface area contributed by atoms with Crippen molar-refractivity contribution in [3.63, 3.8) is 0 Å². The van der Waals surface area contributed by atoms with Crippen molar-refractivity contribution in [3.8, 4) is 5.75 Å². The molecule has 0 radical (unpaired) electrons. The van der Waals surface area contributed by atoms with Crippen LogP contribution in [0.1, 0.15) is 22.8 Å². The van der Waals surface area contributed by atoms with Gasteiger partial charge in [0.15, 0.2) is 0 Å². The summed E-state index contributed by atoms with van der Waals surface area (Å²) in [6, 6.07) is 2.90. The van der Waals surface area contributed by atoms with Crippen molar-refractivity contribution in [2.24, 2.45) is 0 Å². The minimum absolute atomic E-state index is 0.154. The molecule has 0 N–H and O–H groups in total. The first-order chi connectivity index (χ1) is 8.01. The highest BCUT2D eigenvalue weighted by atomic mass is 35.5. The standard InChI is InChI=1S/C12H13ClO4/c1-4-17-12(15)11(14)8-5-9(13)7(2)10(6-8)16-3/h5-6H,4H2,1-3H3. The lowest BCUT2D eigenvalue weighted by Gasteiger charge is -2.08. The minimum Gasteiger partial charge on any atom is -0.496 e. The lowest BCUT2D eigenvalue weighted by molar-refractivity contribution is -0.137. The van der Waals surface area contributed by atoms with Gasteiger partial charge in [-0.25, -0.2) is 4.79 Å². The molecule has 0 unspecified atom stereocenters. The van der Waals surface area contributed by atoms with Crippen molar-refractivity contribution in [2.45, 2.75) is 13.8 Å². The summed E-state index contributed by atoms with van der Waals surface area (Å²) in [5.74, 6) is -1.16. The van der Waals surface area contributed by atoms with Crippen LogP contribution >= 0.6 is 11.6 Å². The first-order valence-corrected chi connectivity index (χ1v) is 5.44. The van der Waals surface area contributed by atoms with Crippen LogP contribution in [0.15, 0.2) is 12.1 Å². The highest BCUT2D eigenvalue weighted by Gasteiger charge is 2.19. The van der Waals surface area contributed by atoms with E-state index in [1.54, 1.807) is 13.8 Å². The Hall–Kier alpha value is -1.55. The van der Waals surface area contributed by atoms with E-state index in [1.807, 2.05) is 0 Å². The third-order valence-electron chi connectivity index (χ3n) is 2.24. The predicted octanol–water partition coefficient (Wildman–Crippen LogP) is 2.40. The Kier molecular flexibility index (Phi) is 4.52. The summed E-state index contributed by atoms with van der Waals surface area (Å²) in [4.78, 5) is 23.0. The number of hydrogen-bond donors (Lipinski definition) is 0. The van der Waals surface area contributed by atoms with Crippen molar-refractivity contribution >= 4 is 23.4 Å². The van der Waals surface area contributed by atoms with Crippen molar-refractivity contribution < 1.29 is 19.1 Å². The van der Waals surface area contributed by atoms with Gasteiger partial charge < -0.3 is 9.47 Å². The second-order valence-corrected chi connectivity index (χ2v) is 3.74. The highest BCUT2D eigenvalue weighted by molar-refractivity contribution is 6.41. The molecule has 0 aliphatic heterocycles. The molecular weight excluding hydrogens is 244 g/mol. The molecule has 0 saturated heterocycles. The van der Waals surface area contributed by atoms with Crippen molar-refractivity contribution in [1.82, 2.24) is 0 Å². The Morgan fingerprint density at radius 1 is 1.35 bits per heavy atom. The van der Waals surface area contributed by atoms with Gasteiger partial charge in [-0.15, -0.1) is 0 Å². The van der Waals surface area contributed by atoms with E-state index in [0.29, 0.717) is 10.8 Å². The molecule has 1 rings (SSSR count). The molecule has 0 aliphatic rings. The van der Waals surface area contributed by atoms with Crippen molar-refractivity contribution in [3.05, 3.63) is 28.3 Å². The fourth-order valence-electron chi connectivity index (χ4n) is 1.31. The van der Waals surface area contributed by atoms with Crippen LogP contribution in [0.5, 0.6) is 5.75 Å². The van der Waals surface area contributed by atoms with E-state index in [2.05, 4.69) is 4.74 Å². The summed E-state index contributed by atoms with van der Waals surface area (Å²) >= 11 is 5.94. The quantitative estimate of drug-likeness (QED) is 0.472. The first-order valence-electron chi connectivity index (χ1n) is 5.06. The first kappa shape index (κ1) is 13.5. The molecule has 0 aliphatic carbocycles. The zero-order chi connectivity index (χ0) is 13.0. The second-order valence-electron chi connectivity index (χ2n) is 3.33. The van der Waals surface area contributed by atoms with Crippen LogP contribution in [0, 0.1) is 6.92 Å². The molecule has 0 fully saturated rings. The summed E-state index contributed by atoms with van der Waals surface area (Å²) in [5.41, 5.74) is 0.880. The molecule has 17 heavy (non-hydrogen) atoms. The Morgan fingerprint density at radius 3 is 2.53 bits per heavy atom. The van der Waals surface area contributed by atoms with E-state index in [9.17, 15) is 9.59 Å². The average Bonchev–Trinajstić information content (AvgIpc) is 2.31. The number of ether oxygens (including phenoxy) is 2. The molecule has 5 heteroatoms. The van der Waals surface area contributed by atoms with Gasteiger partial charge in [-0.3, -0.25) is 4.79 Å². The molecule has 1 aromatic rings. The van der Waals surface area contributed by atoms with Crippen LogP contribution in [-0.4, -0.2) is 25.5 Å². The number of esters is 1. The second kappa shape index (κ2) is 5.68. The molecule has 1 aromatic carbocycles. The largest absolute Gasteiger partial charge is 0.496 e. The van der Waals surface area contributed by atoms with Crippen LogP contribution in [0.3, 0.4) is 0 Å². The summed E-state index contributed by atoms with van der Waals surface area (Å²) in [6.07, 6.45) is 0. The van der Waals surface area contributed by atoms with Gasteiger partial charge in [-0.05, 0) is 26.0 Å². The molecule has 0 spiro atoms. The SMILES string of the molecule is CCOC(=O)C(=O)c1cc(Cl)c(C)c(OC)c1. The maximum atomic E-state index is 11.7. The monoisotopic (exact) mass is 256 g/mol. The summed E-state index contributed by atoms with van der Waals surface area (Å²) in [6.45, 7) is 3.55. The highest BCUT2D eigenvalue weighted by Crippen LogP contribution is 2.27. The normalized spacial score (nSPS) is 9.88. The topological polar surface area (TPSA) is 52.6 Å². The maximum Gasteiger partial charge on any atom is 0.379 e. The number of rotatable bonds is 4. The number of ketones is 1. The van der Waals surface area contributed by atoms with E-state index >= 15 is 0 Å². The predicted molar refractivity (Wildman–Crippen MR) is 63.7 cm³/mol. The van der Waals surface area contributed by atoms with Gasteiger partial charge in [0, 0.05) is 16.1 Å². The van der Waals surface area contributed by atoms with Crippen LogP contribution in [-0.2, 0) is 9.53 Å². The Bertz CT molecular complexity index is 454. The lowest BCUT2D eigenvalue weighted by atomic mass is 10.1. The molecule has 0 saturated carbocycles. The van der Waals surface area contributed by atoms with Gasteiger partial charge >= 0.3 is 5.97 Å². The lowest BCUT2D eigenvalue weighted by Crippen LogP contribution is -2.17. The number of methoxy groups -OCH3 is 1. The number of benzene rings is 1. The van der Waals surface area contributed by atoms with E-state index in [0.717, 1.165) is 5.56 Å². The van der Waals surface area contributed by atoms with E-state index in [4.69, 9.17) is 16.3 Å². The van der Waals surface area contributed by atoms with Gasteiger partial charge in [-0.1, -0.05) is 11.6 Å². The molecule has 0 amide bonds. The molecule has 0 bridgehead atoms. The third kappa shape index (κ3) is 2.97. The minimum atomic E-state index is -0.894. The Labute approximate surface area is 104 Å². The maximum absolute atomic E-state index is 11.7. The average molecular weight is 257 g/mol. The van der Waals surface area contributed by atoms with Crippen LogP contribution < -0.4 is 4.74 Å². The number of carbonyl (C=O) groups is 2. The number of carbonyl (C=O) groups excluding carboxylic acids is 2. The number of Topliss-reactive ketones (excluding diaryl/α,β-unsaturated/α-hetero) is 1. The fraction of sp³-hybridized carbons (Fsp3) is 0.333.